The minimum absolute atomic E-state index is 0.0744. The van der Waals surface area contributed by atoms with Crippen LogP contribution in [0.15, 0.2) is 99.8 Å². The molecular weight excluding hydrogens is 572 g/mol. The lowest BCUT2D eigenvalue weighted by atomic mass is 10.1. The van der Waals surface area contributed by atoms with Gasteiger partial charge in [-0.25, -0.2) is 21.5 Å². The molecule has 0 unspecified atom stereocenters. The number of hydrogen-bond acceptors (Lipinski definition) is 7. The summed E-state index contributed by atoms with van der Waals surface area (Å²) < 4.78 is 61.5. The molecule has 0 saturated carbocycles. The lowest BCUT2D eigenvalue weighted by Crippen LogP contribution is -2.40. The van der Waals surface area contributed by atoms with Gasteiger partial charge in [-0.05, 0) is 54.6 Å². The van der Waals surface area contributed by atoms with Gasteiger partial charge in [0.15, 0.2) is 0 Å². The van der Waals surface area contributed by atoms with Crippen LogP contribution in [0.25, 0.3) is 23.0 Å². The molecule has 1 saturated heterocycles. The normalized spacial score (nSPS) is 15.1. The maximum atomic E-state index is 13.3. The average molecular weight is 595 g/mol. The molecule has 204 valence electrons. The highest BCUT2D eigenvalue weighted by Gasteiger charge is 2.27. The van der Waals surface area contributed by atoms with Gasteiger partial charge in [0.1, 0.15) is 16.7 Å². The van der Waals surface area contributed by atoms with Gasteiger partial charge in [-0.1, -0.05) is 41.9 Å². The first kappa shape index (κ1) is 27.8. The van der Waals surface area contributed by atoms with Crippen LogP contribution < -0.4 is 0 Å². The molecule has 0 spiro atoms. The maximum absolute atomic E-state index is 13.3. The van der Waals surface area contributed by atoms with Crippen molar-refractivity contribution in [3.05, 3.63) is 101 Å². The molecule has 5 rings (SSSR count). The fourth-order valence-electron chi connectivity index (χ4n) is 4.22. The van der Waals surface area contributed by atoms with E-state index in [2.05, 4.69) is 5.10 Å². The zero-order valence-electron chi connectivity index (χ0n) is 21.0. The van der Waals surface area contributed by atoms with E-state index in [4.69, 9.17) is 16.3 Å². The molecule has 1 aliphatic heterocycles. The van der Waals surface area contributed by atoms with Crippen molar-refractivity contribution in [1.82, 2.24) is 14.1 Å². The van der Waals surface area contributed by atoms with Gasteiger partial charge >= 0.3 is 0 Å². The topological polar surface area (TPSA) is 122 Å². The van der Waals surface area contributed by atoms with Crippen LogP contribution in [0.1, 0.15) is 5.56 Å². The van der Waals surface area contributed by atoms with Crippen LogP contribution >= 0.6 is 11.6 Å². The number of aromatic nitrogens is 2. The first-order chi connectivity index (χ1) is 19.2. The SMILES string of the molecule is N#C/C(=C/c1cn(-c2ccccc2)nc1-c1cccc(S(=O)(=O)N2CCOCC2)c1)S(=O)(=O)c1ccc(Cl)cc1. The molecule has 4 aromatic rings. The highest BCUT2D eigenvalue weighted by Crippen LogP contribution is 2.31. The Morgan fingerprint density at radius 2 is 1.62 bits per heavy atom. The largest absolute Gasteiger partial charge is 0.379 e. The number of sulfonamides is 1. The highest BCUT2D eigenvalue weighted by molar-refractivity contribution is 7.95. The van der Waals surface area contributed by atoms with Crippen molar-refractivity contribution in [3.63, 3.8) is 0 Å². The van der Waals surface area contributed by atoms with E-state index < -0.39 is 24.8 Å². The molecule has 2 heterocycles. The fourth-order valence-corrected chi connectivity index (χ4v) is 6.95. The lowest BCUT2D eigenvalue weighted by Gasteiger charge is -2.26. The summed E-state index contributed by atoms with van der Waals surface area (Å²) in [4.78, 5) is -0.508. The Morgan fingerprint density at radius 3 is 2.30 bits per heavy atom. The number of allylic oxidation sites excluding steroid dienone is 1. The third-order valence-corrected chi connectivity index (χ3v) is 10.1. The van der Waals surface area contributed by atoms with E-state index >= 15 is 0 Å². The summed E-state index contributed by atoms with van der Waals surface area (Å²) in [6, 6.07) is 22.8. The van der Waals surface area contributed by atoms with Crippen molar-refractivity contribution < 1.29 is 21.6 Å². The van der Waals surface area contributed by atoms with Gasteiger partial charge in [-0.3, -0.25) is 0 Å². The summed E-state index contributed by atoms with van der Waals surface area (Å²) in [6.45, 7) is 1.12. The molecule has 0 N–H and O–H groups in total. The molecule has 1 fully saturated rings. The Labute approximate surface area is 237 Å². The molecule has 0 atom stereocenters. The van der Waals surface area contributed by atoms with Crippen molar-refractivity contribution in [2.75, 3.05) is 26.3 Å². The number of nitriles is 1. The van der Waals surface area contributed by atoms with Gasteiger partial charge in [0.05, 0.1) is 28.7 Å². The van der Waals surface area contributed by atoms with Crippen LogP contribution in [0.5, 0.6) is 0 Å². The fraction of sp³-hybridized carbons (Fsp3) is 0.143. The summed E-state index contributed by atoms with van der Waals surface area (Å²) in [5.41, 5.74) is 1.76. The minimum Gasteiger partial charge on any atom is -0.379 e. The first-order valence-corrected chi connectivity index (χ1v) is 15.5. The van der Waals surface area contributed by atoms with E-state index in [1.54, 1.807) is 29.1 Å². The number of hydrogen-bond donors (Lipinski definition) is 0. The molecule has 1 aliphatic rings. The zero-order chi connectivity index (χ0) is 28.3. The number of halogens is 1. The Kier molecular flexibility index (Phi) is 7.89. The Balaban J connectivity index is 1.64. The van der Waals surface area contributed by atoms with Gasteiger partial charge in [0.2, 0.25) is 19.9 Å². The van der Waals surface area contributed by atoms with Crippen LogP contribution in [-0.4, -0.2) is 57.2 Å². The predicted molar refractivity (Wildman–Crippen MR) is 151 cm³/mol. The van der Waals surface area contributed by atoms with Crippen molar-refractivity contribution in [3.8, 4) is 23.0 Å². The zero-order valence-corrected chi connectivity index (χ0v) is 23.4. The molecule has 0 bridgehead atoms. The molecule has 0 amide bonds. The van der Waals surface area contributed by atoms with Gasteiger partial charge < -0.3 is 4.74 Å². The number of sulfone groups is 1. The summed E-state index contributed by atoms with van der Waals surface area (Å²) in [5.74, 6) is 0. The maximum Gasteiger partial charge on any atom is 0.243 e. The molecule has 3 aromatic carbocycles. The quantitative estimate of drug-likeness (QED) is 0.288. The number of morpholine rings is 1. The van der Waals surface area contributed by atoms with Crippen LogP contribution in [-0.2, 0) is 24.6 Å². The number of benzene rings is 3. The second kappa shape index (κ2) is 11.4. The minimum atomic E-state index is -4.18. The van der Waals surface area contributed by atoms with Gasteiger partial charge in [0.25, 0.3) is 0 Å². The number of ether oxygens (including phenoxy) is 1. The molecule has 0 radical (unpaired) electrons. The predicted octanol–water partition coefficient (Wildman–Crippen LogP) is 4.55. The molecule has 9 nitrogen and oxygen atoms in total. The number of rotatable bonds is 7. The monoisotopic (exact) mass is 594 g/mol. The van der Waals surface area contributed by atoms with E-state index in [1.165, 1.54) is 46.8 Å². The third kappa shape index (κ3) is 5.58. The van der Waals surface area contributed by atoms with E-state index in [0.717, 1.165) is 0 Å². The molecule has 1 aromatic heterocycles. The summed E-state index contributed by atoms with van der Waals surface area (Å²) in [6.07, 6.45) is 2.84. The Bertz CT molecular complexity index is 1820. The molecule has 12 heteroatoms. The van der Waals surface area contributed by atoms with Gasteiger partial charge in [-0.2, -0.15) is 14.7 Å². The number of para-hydroxylation sites is 1. The van der Waals surface area contributed by atoms with E-state index in [0.29, 0.717) is 40.7 Å². The van der Waals surface area contributed by atoms with Crippen molar-refractivity contribution in [1.29, 1.82) is 5.26 Å². The van der Waals surface area contributed by atoms with E-state index in [1.807, 2.05) is 30.3 Å². The smallest absolute Gasteiger partial charge is 0.243 e. The van der Waals surface area contributed by atoms with Crippen molar-refractivity contribution in [2.24, 2.45) is 0 Å². The summed E-state index contributed by atoms with van der Waals surface area (Å²) >= 11 is 5.91. The Morgan fingerprint density at radius 1 is 0.925 bits per heavy atom. The van der Waals surface area contributed by atoms with Crippen LogP contribution in [0, 0.1) is 11.3 Å². The second-order valence-corrected chi connectivity index (χ2v) is 13.1. The lowest BCUT2D eigenvalue weighted by molar-refractivity contribution is 0.0730. The average Bonchev–Trinajstić information content (AvgIpc) is 3.41. The summed E-state index contributed by atoms with van der Waals surface area (Å²) in [7, 11) is -7.97. The van der Waals surface area contributed by atoms with Crippen LogP contribution in [0.2, 0.25) is 5.02 Å². The van der Waals surface area contributed by atoms with Crippen LogP contribution in [0.3, 0.4) is 0 Å². The summed E-state index contributed by atoms with van der Waals surface area (Å²) in [5, 5.41) is 14.9. The number of nitrogens with zero attached hydrogens (tertiary/aromatic N) is 4. The molecule has 0 aliphatic carbocycles. The standard InChI is InChI=1S/C28H23ClN4O5S2/c29-23-9-11-25(12-10-23)39(34,35)27(19-30)18-22-20-33(24-6-2-1-3-7-24)31-28(22)21-5-4-8-26(17-21)40(36,37)32-13-15-38-16-14-32/h1-12,17-18,20H,13-16H2/b27-18-. The molecular formula is C28H23ClN4O5S2. The van der Waals surface area contributed by atoms with Crippen LogP contribution in [0.4, 0.5) is 0 Å². The third-order valence-electron chi connectivity index (χ3n) is 6.29. The van der Waals surface area contributed by atoms with Gasteiger partial charge in [-0.15, -0.1) is 0 Å². The first-order valence-electron chi connectivity index (χ1n) is 12.2. The highest BCUT2D eigenvalue weighted by atomic mass is 35.5. The second-order valence-electron chi connectivity index (χ2n) is 8.84. The van der Waals surface area contributed by atoms with Gasteiger partial charge in [0, 0.05) is 35.4 Å². The Hall–Kier alpha value is -3.79. The van der Waals surface area contributed by atoms with E-state index in [9.17, 15) is 22.1 Å². The van der Waals surface area contributed by atoms with E-state index in [-0.39, 0.29) is 22.9 Å². The van der Waals surface area contributed by atoms with Crippen molar-refractivity contribution >= 4 is 37.5 Å². The molecule has 40 heavy (non-hydrogen) atoms. The van der Waals surface area contributed by atoms with Crippen molar-refractivity contribution in [2.45, 2.75) is 9.79 Å².